The van der Waals surface area contributed by atoms with Gasteiger partial charge in [-0.3, -0.25) is 9.48 Å². The molecule has 0 saturated carbocycles. The largest absolute Gasteiger partial charge is 0.478 e. The van der Waals surface area contributed by atoms with Gasteiger partial charge in [0.1, 0.15) is 0 Å². The van der Waals surface area contributed by atoms with E-state index in [1.165, 1.54) is 22.9 Å². The zero-order valence-electron chi connectivity index (χ0n) is 10.2. The molecule has 104 valence electrons. The Morgan fingerprint density at radius 1 is 1.35 bits per heavy atom. The molecule has 0 spiro atoms. The van der Waals surface area contributed by atoms with Crippen LogP contribution in [0.15, 0.2) is 24.4 Å². The molecule has 20 heavy (non-hydrogen) atoms. The van der Waals surface area contributed by atoms with Crippen LogP contribution < -0.4 is 5.32 Å². The summed E-state index contributed by atoms with van der Waals surface area (Å²) < 4.78 is 1.45. The standard InChI is InChI=1S/C12H9Cl2N3O3/c1-17-3-2-9(16-17)11(18)15-10-7(12(19)20)4-6(13)5-8(10)14/h2-5H,1H3,(H,15,18)(H,19,20). The third kappa shape index (κ3) is 2.92. The van der Waals surface area contributed by atoms with Crippen LogP contribution in [0.1, 0.15) is 20.8 Å². The number of carboxylic acid groups (broad SMARTS) is 1. The Labute approximate surface area is 123 Å². The average Bonchev–Trinajstić information content (AvgIpc) is 2.78. The number of nitrogens with zero attached hydrogens (tertiary/aromatic N) is 2. The van der Waals surface area contributed by atoms with Gasteiger partial charge in [0.15, 0.2) is 5.69 Å². The molecule has 0 atom stereocenters. The van der Waals surface area contributed by atoms with Crippen molar-refractivity contribution in [3.63, 3.8) is 0 Å². The summed E-state index contributed by atoms with van der Waals surface area (Å²) in [6.07, 6.45) is 1.59. The van der Waals surface area contributed by atoms with Crippen molar-refractivity contribution < 1.29 is 14.7 Å². The van der Waals surface area contributed by atoms with Crippen molar-refractivity contribution in [2.75, 3.05) is 5.32 Å². The van der Waals surface area contributed by atoms with Crippen LogP contribution in [0, 0.1) is 0 Å². The molecule has 1 aromatic carbocycles. The van der Waals surface area contributed by atoms with Crippen molar-refractivity contribution >= 4 is 40.8 Å². The van der Waals surface area contributed by atoms with Crippen LogP contribution >= 0.6 is 23.2 Å². The van der Waals surface area contributed by atoms with E-state index in [0.717, 1.165) is 0 Å². The SMILES string of the molecule is Cn1ccc(C(=O)Nc2c(Cl)cc(Cl)cc2C(=O)O)n1. The van der Waals surface area contributed by atoms with E-state index in [2.05, 4.69) is 10.4 Å². The van der Waals surface area contributed by atoms with Gasteiger partial charge in [0.05, 0.1) is 16.3 Å². The number of benzene rings is 1. The minimum absolute atomic E-state index is 0.0146. The van der Waals surface area contributed by atoms with E-state index in [1.54, 1.807) is 13.2 Å². The maximum Gasteiger partial charge on any atom is 0.337 e. The van der Waals surface area contributed by atoms with Crippen molar-refractivity contribution in [2.24, 2.45) is 7.05 Å². The van der Waals surface area contributed by atoms with Gasteiger partial charge < -0.3 is 10.4 Å². The molecule has 0 radical (unpaired) electrons. The molecule has 2 aromatic rings. The number of amides is 1. The number of hydrogen-bond acceptors (Lipinski definition) is 3. The van der Waals surface area contributed by atoms with Gasteiger partial charge in [0.2, 0.25) is 0 Å². The molecular formula is C12H9Cl2N3O3. The van der Waals surface area contributed by atoms with E-state index in [-0.39, 0.29) is 27.0 Å². The number of halogens is 2. The summed E-state index contributed by atoms with van der Waals surface area (Å²) in [5.41, 5.74) is -0.0548. The van der Waals surface area contributed by atoms with Crippen LogP contribution in [0.5, 0.6) is 0 Å². The molecule has 0 bridgehead atoms. The summed E-state index contributed by atoms with van der Waals surface area (Å²) in [5.74, 6) is -1.80. The lowest BCUT2D eigenvalue weighted by Crippen LogP contribution is -2.16. The molecule has 6 nitrogen and oxygen atoms in total. The predicted octanol–water partition coefficient (Wildman–Crippen LogP) is 2.68. The van der Waals surface area contributed by atoms with E-state index in [0.29, 0.717) is 0 Å². The smallest absolute Gasteiger partial charge is 0.337 e. The predicted molar refractivity (Wildman–Crippen MR) is 74.6 cm³/mol. The van der Waals surface area contributed by atoms with Gasteiger partial charge in [-0.25, -0.2) is 4.79 Å². The lowest BCUT2D eigenvalue weighted by molar-refractivity contribution is 0.0698. The average molecular weight is 314 g/mol. The Morgan fingerprint density at radius 2 is 2.05 bits per heavy atom. The fourth-order valence-electron chi connectivity index (χ4n) is 1.58. The zero-order chi connectivity index (χ0) is 14.9. The van der Waals surface area contributed by atoms with E-state index < -0.39 is 11.9 Å². The normalized spacial score (nSPS) is 10.3. The van der Waals surface area contributed by atoms with Gasteiger partial charge >= 0.3 is 5.97 Å². The Hall–Kier alpha value is -2.05. The number of anilines is 1. The van der Waals surface area contributed by atoms with E-state index in [4.69, 9.17) is 28.3 Å². The van der Waals surface area contributed by atoms with Crippen LogP contribution in [0.3, 0.4) is 0 Å². The van der Waals surface area contributed by atoms with Crippen molar-refractivity contribution in [1.29, 1.82) is 0 Å². The highest BCUT2D eigenvalue weighted by molar-refractivity contribution is 6.38. The summed E-state index contributed by atoms with van der Waals surface area (Å²) in [7, 11) is 1.66. The maximum absolute atomic E-state index is 12.0. The van der Waals surface area contributed by atoms with Gasteiger partial charge in [-0.2, -0.15) is 5.10 Å². The minimum atomic E-state index is -1.24. The highest BCUT2D eigenvalue weighted by Gasteiger charge is 2.19. The van der Waals surface area contributed by atoms with Crippen LogP contribution in [0.2, 0.25) is 10.0 Å². The molecular weight excluding hydrogens is 305 g/mol. The highest BCUT2D eigenvalue weighted by Crippen LogP contribution is 2.30. The monoisotopic (exact) mass is 313 g/mol. The quantitative estimate of drug-likeness (QED) is 0.912. The molecule has 2 N–H and O–H groups in total. The highest BCUT2D eigenvalue weighted by atomic mass is 35.5. The summed E-state index contributed by atoms with van der Waals surface area (Å²) in [4.78, 5) is 23.1. The Morgan fingerprint density at radius 3 is 2.60 bits per heavy atom. The fraction of sp³-hybridized carbons (Fsp3) is 0.0833. The molecule has 0 fully saturated rings. The molecule has 2 rings (SSSR count). The summed E-state index contributed by atoms with van der Waals surface area (Å²) in [5, 5.41) is 15.7. The van der Waals surface area contributed by atoms with Gasteiger partial charge in [-0.05, 0) is 18.2 Å². The number of nitrogens with one attached hydrogen (secondary N) is 1. The lowest BCUT2D eigenvalue weighted by atomic mass is 10.1. The molecule has 1 aromatic heterocycles. The second-order valence-electron chi connectivity index (χ2n) is 3.94. The molecule has 8 heteroatoms. The molecule has 1 amide bonds. The summed E-state index contributed by atoms with van der Waals surface area (Å²) in [6.45, 7) is 0. The number of aromatic carboxylic acids is 1. The molecule has 1 heterocycles. The number of rotatable bonds is 3. The minimum Gasteiger partial charge on any atom is -0.478 e. The summed E-state index contributed by atoms with van der Waals surface area (Å²) in [6, 6.07) is 4.06. The molecule has 0 saturated heterocycles. The first kappa shape index (κ1) is 14.4. The van der Waals surface area contributed by atoms with E-state index in [1.807, 2.05) is 0 Å². The van der Waals surface area contributed by atoms with E-state index >= 15 is 0 Å². The third-order valence-corrected chi connectivity index (χ3v) is 2.99. The number of carboxylic acids is 1. The second kappa shape index (κ2) is 5.52. The van der Waals surface area contributed by atoms with Crippen LogP contribution in [-0.2, 0) is 7.05 Å². The fourth-order valence-corrected chi connectivity index (χ4v) is 2.12. The van der Waals surface area contributed by atoms with Crippen molar-refractivity contribution in [1.82, 2.24) is 9.78 Å². The van der Waals surface area contributed by atoms with Gasteiger partial charge in [0, 0.05) is 18.3 Å². The zero-order valence-corrected chi connectivity index (χ0v) is 11.7. The number of hydrogen-bond donors (Lipinski definition) is 2. The van der Waals surface area contributed by atoms with Crippen LogP contribution in [0.4, 0.5) is 5.69 Å². The second-order valence-corrected chi connectivity index (χ2v) is 4.79. The summed E-state index contributed by atoms with van der Waals surface area (Å²) >= 11 is 11.7. The first-order valence-corrected chi connectivity index (χ1v) is 6.17. The van der Waals surface area contributed by atoms with Crippen molar-refractivity contribution in [3.05, 3.63) is 45.7 Å². The number of carbonyl (C=O) groups is 2. The van der Waals surface area contributed by atoms with Crippen LogP contribution in [-0.4, -0.2) is 26.8 Å². The first-order valence-electron chi connectivity index (χ1n) is 5.42. The molecule has 0 aliphatic carbocycles. The van der Waals surface area contributed by atoms with Gasteiger partial charge in [-0.15, -0.1) is 0 Å². The van der Waals surface area contributed by atoms with Crippen molar-refractivity contribution in [3.8, 4) is 0 Å². The first-order chi connectivity index (χ1) is 9.38. The number of carbonyl (C=O) groups excluding carboxylic acids is 1. The van der Waals surface area contributed by atoms with Gasteiger partial charge in [-0.1, -0.05) is 23.2 Å². The Kier molecular flexibility index (Phi) is 3.96. The Bertz CT molecular complexity index is 697. The van der Waals surface area contributed by atoms with Crippen LogP contribution in [0.25, 0.3) is 0 Å². The van der Waals surface area contributed by atoms with Crippen molar-refractivity contribution in [2.45, 2.75) is 0 Å². The third-order valence-electron chi connectivity index (χ3n) is 2.47. The lowest BCUT2D eigenvalue weighted by Gasteiger charge is -2.10. The topological polar surface area (TPSA) is 84.2 Å². The maximum atomic E-state index is 12.0. The van der Waals surface area contributed by atoms with E-state index in [9.17, 15) is 9.59 Å². The van der Waals surface area contributed by atoms with Gasteiger partial charge in [0.25, 0.3) is 5.91 Å². The number of aromatic nitrogens is 2. The molecule has 0 unspecified atom stereocenters. The molecule has 0 aliphatic heterocycles. The Balaban J connectivity index is 2.38. The number of aryl methyl sites for hydroxylation is 1. The molecule has 0 aliphatic rings.